The lowest BCUT2D eigenvalue weighted by atomic mass is 10.1. The van der Waals surface area contributed by atoms with Gasteiger partial charge in [0.15, 0.2) is 0 Å². The van der Waals surface area contributed by atoms with Crippen molar-refractivity contribution < 1.29 is 9.59 Å². The second kappa shape index (κ2) is 9.14. The van der Waals surface area contributed by atoms with Crippen LogP contribution in [0.1, 0.15) is 38.5 Å². The number of amides is 2. The Morgan fingerprint density at radius 3 is 2.26 bits per heavy atom. The van der Waals surface area contributed by atoms with Gasteiger partial charge in [0.25, 0.3) is 0 Å². The van der Waals surface area contributed by atoms with Crippen molar-refractivity contribution in [3.05, 3.63) is 0 Å². The summed E-state index contributed by atoms with van der Waals surface area (Å²) >= 11 is 1.48. The number of piperidine rings is 1. The van der Waals surface area contributed by atoms with Gasteiger partial charge in [0, 0.05) is 38.3 Å². The van der Waals surface area contributed by atoms with Gasteiger partial charge in [0.05, 0.1) is 11.5 Å². The van der Waals surface area contributed by atoms with Crippen LogP contribution in [0.5, 0.6) is 0 Å². The lowest BCUT2D eigenvalue weighted by Crippen LogP contribution is -2.40. The third kappa shape index (κ3) is 5.26. The second-order valence-corrected chi connectivity index (χ2v) is 7.69. The first-order valence-corrected chi connectivity index (χ1v) is 9.77. The second-order valence-electron chi connectivity index (χ2n) is 6.70. The summed E-state index contributed by atoms with van der Waals surface area (Å²) in [4.78, 5) is 28.4. The zero-order valence-corrected chi connectivity index (χ0v) is 15.3. The fraction of sp³-hybridized carbons (Fsp3) is 0.875. The summed E-state index contributed by atoms with van der Waals surface area (Å²) in [6, 6.07) is 1.09. The number of halogens is 1. The summed E-state index contributed by atoms with van der Waals surface area (Å²) < 4.78 is 0. The minimum Gasteiger partial charge on any atom is -0.342 e. The molecule has 3 fully saturated rings. The molecule has 2 atom stereocenters. The molecule has 3 rings (SSSR count). The molecule has 1 N–H and O–H groups in total. The van der Waals surface area contributed by atoms with E-state index in [1.807, 2.05) is 9.80 Å². The van der Waals surface area contributed by atoms with E-state index in [9.17, 15) is 9.59 Å². The van der Waals surface area contributed by atoms with E-state index in [-0.39, 0.29) is 24.2 Å². The van der Waals surface area contributed by atoms with Gasteiger partial charge in [-0.15, -0.1) is 24.2 Å². The molecule has 2 bridgehead atoms. The van der Waals surface area contributed by atoms with Crippen LogP contribution < -0.4 is 5.32 Å². The summed E-state index contributed by atoms with van der Waals surface area (Å²) in [5, 5.41) is 3.59. The molecule has 0 aromatic rings. The predicted octanol–water partition coefficient (Wildman–Crippen LogP) is 1.51. The smallest absolute Gasteiger partial charge is 0.232 e. The molecule has 0 aliphatic carbocycles. The molecule has 0 aromatic heterocycles. The minimum absolute atomic E-state index is 0. The number of likely N-dealkylation sites (tertiary alicyclic amines) is 2. The first kappa shape index (κ1) is 18.9. The Kier molecular flexibility index (Phi) is 7.50. The van der Waals surface area contributed by atoms with Crippen molar-refractivity contribution in [1.29, 1.82) is 0 Å². The molecule has 7 heteroatoms. The number of rotatable bonds is 4. The maximum atomic E-state index is 12.3. The van der Waals surface area contributed by atoms with Crippen LogP contribution in [-0.4, -0.2) is 71.4 Å². The number of hydrogen-bond donors (Lipinski definition) is 1. The summed E-state index contributed by atoms with van der Waals surface area (Å²) in [6.07, 6.45) is 7.00. The molecule has 0 aromatic carbocycles. The van der Waals surface area contributed by atoms with Gasteiger partial charge in [-0.1, -0.05) is 0 Å². The molecule has 3 saturated heterocycles. The molecule has 0 spiro atoms. The van der Waals surface area contributed by atoms with Crippen molar-refractivity contribution in [2.45, 2.75) is 50.6 Å². The van der Waals surface area contributed by atoms with Gasteiger partial charge in [0.1, 0.15) is 0 Å². The van der Waals surface area contributed by atoms with Crippen molar-refractivity contribution in [2.24, 2.45) is 0 Å². The molecule has 3 aliphatic heterocycles. The van der Waals surface area contributed by atoms with Crippen molar-refractivity contribution in [2.75, 3.05) is 37.7 Å². The highest BCUT2D eigenvalue weighted by molar-refractivity contribution is 8.00. The highest BCUT2D eigenvalue weighted by atomic mass is 35.5. The van der Waals surface area contributed by atoms with Crippen LogP contribution in [-0.2, 0) is 9.59 Å². The van der Waals surface area contributed by atoms with E-state index in [0.29, 0.717) is 23.6 Å². The van der Waals surface area contributed by atoms with E-state index >= 15 is 0 Å². The summed E-state index contributed by atoms with van der Waals surface area (Å²) in [7, 11) is 0. The van der Waals surface area contributed by atoms with Crippen LogP contribution in [0.2, 0.25) is 0 Å². The Hall–Kier alpha value is -0.460. The van der Waals surface area contributed by atoms with Crippen LogP contribution >= 0.6 is 24.2 Å². The monoisotopic (exact) mass is 361 g/mol. The number of thioether (sulfide) groups is 1. The first-order valence-electron chi connectivity index (χ1n) is 8.62. The third-order valence-electron chi connectivity index (χ3n) is 5.04. The van der Waals surface area contributed by atoms with Gasteiger partial charge in [-0.3, -0.25) is 9.59 Å². The molecular formula is C16H28ClN3O2S. The van der Waals surface area contributed by atoms with E-state index in [4.69, 9.17) is 0 Å². The number of carbonyl (C=O) groups excluding carboxylic acids is 2. The van der Waals surface area contributed by atoms with Gasteiger partial charge in [-0.2, -0.15) is 0 Å². The van der Waals surface area contributed by atoms with E-state index in [2.05, 4.69) is 5.32 Å². The highest BCUT2D eigenvalue weighted by Crippen LogP contribution is 2.21. The SMILES string of the molecule is Cl.O=C(CSCC(=O)N1CCC2CCC(C1)N2)N1CCCCC1. The zero-order valence-electron chi connectivity index (χ0n) is 13.7. The molecule has 23 heavy (non-hydrogen) atoms. The number of nitrogens with zero attached hydrogens (tertiary/aromatic N) is 2. The van der Waals surface area contributed by atoms with E-state index in [1.165, 1.54) is 31.0 Å². The number of hydrogen-bond acceptors (Lipinski definition) is 4. The van der Waals surface area contributed by atoms with Crippen molar-refractivity contribution in [1.82, 2.24) is 15.1 Å². The summed E-state index contributed by atoms with van der Waals surface area (Å²) in [6.45, 7) is 3.51. The van der Waals surface area contributed by atoms with Gasteiger partial charge in [-0.25, -0.2) is 0 Å². The number of nitrogens with one attached hydrogen (secondary N) is 1. The van der Waals surface area contributed by atoms with Crippen LogP contribution in [0.15, 0.2) is 0 Å². The maximum absolute atomic E-state index is 12.3. The first-order chi connectivity index (χ1) is 10.7. The minimum atomic E-state index is 0. The average molecular weight is 362 g/mol. The normalized spacial score (nSPS) is 27.3. The van der Waals surface area contributed by atoms with Gasteiger partial charge in [0.2, 0.25) is 11.8 Å². The lowest BCUT2D eigenvalue weighted by molar-refractivity contribution is -0.129. The van der Waals surface area contributed by atoms with E-state index in [0.717, 1.165) is 45.4 Å². The number of fused-ring (bicyclic) bond motifs is 2. The topological polar surface area (TPSA) is 52.7 Å². The largest absolute Gasteiger partial charge is 0.342 e. The Bertz CT molecular complexity index is 418. The van der Waals surface area contributed by atoms with Gasteiger partial charge < -0.3 is 15.1 Å². The van der Waals surface area contributed by atoms with Crippen molar-refractivity contribution >= 4 is 36.0 Å². The third-order valence-corrected chi connectivity index (χ3v) is 5.94. The zero-order chi connectivity index (χ0) is 15.4. The van der Waals surface area contributed by atoms with Crippen LogP contribution in [0.3, 0.4) is 0 Å². The molecule has 5 nitrogen and oxygen atoms in total. The molecule has 3 heterocycles. The Balaban J connectivity index is 0.00000192. The summed E-state index contributed by atoms with van der Waals surface area (Å²) in [5.41, 5.74) is 0. The van der Waals surface area contributed by atoms with Crippen LogP contribution in [0, 0.1) is 0 Å². The Morgan fingerprint density at radius 2 is 1.52 bits per heavy atom. The van der Waals surface area contributed by atoms with Crippen LogP contribution in [0.25, 0.3) is 0 Å². The van der Waals surface area contributed by atoms with Crippen LogP contribution in [0.4, 0.5) is 0 Å². The maximum Gasteiger partial charge on any atom is 0.232 e. The average Bonchev–Trinajstić information content (AvgIpc) is 2.87. The number of carbonyl (C=O) groups is 2. The lowest BCUT2D eigenvalue weighted by Gasteiger charge is -2.27. The molecule has 2 amide bonds. The quantitative estimate of drug-likeness (QED) is 0.824. The van der Waals surface area contributed by atoms with E-state index in [1.54, 1.807) is 0 Å². The van der Waals surface area contributed by atoms with Crippen molar-refractivity contribution in [3.8, 4) is 0 Å². The van der Waals surface area contributed by atoms with Crippen molar-refractivity contribution in [3.63, 3.8) is 0 Å². The fourth-order valence-electron chi connectivity index (χ4n) is 3.72. The highest BCUT2D eigenvalue weighted by Gasteiger charge is 2.31. The van der Waals surface area contributed by atoms with Gasteiger partial charge >= 0.3 is 0 Å². The molecule has 3 aliphatic rings. The molecular weight excluding hydrogens is 334 g/mol. The molecule has 2 unspecified atom stereocenters. The predicted molar refractivity (Wildman–Crippen MR) is 96.1 cm³/mol. The molecule has 0 radical (unpaired) electrons. The van der Waals surface area contributed by atoms with E-state index < -0.39 is 0 Å². The molecule has 132 valence electrons. The van der Waals surface area contributed by atoms with Gasteiger partial charge in [-0.05, 0) is 38.5 Å². The summed E-state index contributed by atoms with van der Waals surface area (Å²) in [5.74, 6) is 1.29. The Morgan fingerprint density at radius 1 is 0.870 bits per heavy atom. The standard InChI is InChI=1S/C16H27N3O2S.ClH/c20-15(18-7-2-1-3-8-18)11-22-12-16(21)19-9-6-13-4-5-14(10-19)17-13;/h13-14,17H,1-12H2;1H. The molecule has 0 saturated carbocycles. The Labute approximate surface area is 149 Å². The fourth-order valence-corrected chi connectivity index (χ4v) is 4.54.